The highest BCUT2D eigenvalue weighted by Crippen LogP contribution is 2.26. The van der Waals surface area contributed by atoms with E-state index in [1.54, 1.807) is 30.3 Å². The molecule has 3 heteroatoms. The van der Waals surface area contributed by atoms with E-state index in [-0.39, 0.29) is 5.75 Å². The monoisotopic (exact) mass is 303 g/mol. The lowest BCUT2D eigenvalue weighted by Gasteiger charge is -2.09. The zero-order valence-electron chi connectivity index (χ0n) is 12.4. The van der Waals surface area contributed by atoms with Crippen molar-refractivity contribution in [2.75, 3.05) is 0 Å². The van der Waals surface area contributed by atoms with Gasteiger partial charge >= 0.3 is 0 Å². The van der Waals surface area contributed by atoms with Gasteiger partial charge in [0.1, 0.15) is 6.61 Å². The van der Waals surface area contributed by atoms with Crippen LogP contribution in [-0.4, -0.2) is 0 Å². The molecule has 0 radical (unpaired) electrons. The molecule has 112 valence electrons. The average molecular weight is 303 g/mol. The number of hydrogen-bond donors (Lipinski definition) is 0. The van der Waals surface area contributed by atoms with Crippen molar-refractivity contribution in [3.8, 4) is 22.9 Å². The van der Waals surface area contributed by atoms with Crippen molar-refractivity contribution in [1.82, 2.24) is 0 Å². The summed E-state index contributed by atoms with van der Waals surface area (Å²) >= 11 is 0. The Morgan fingerprint density at radius 2 is 1.57 bits per heavy atom. The molecule has 0 amide bonds. The van der Waals surface area contributed by atoms with Crippen LogP contribution in [0.25, 0.3) is 11.1 Å². The fourth-order valence-corrected chi connectivity index (χ4v) is 2.27. The van der Waals surface area contributed by atoms with E-state index in [1.165, 1.54) is 6.07 Å². The summed E-state index contributed by atoms with van der Waals surface area (Å²) in [6, 6.07) is 23.6. The third kappa shape index (κ3) is 3.56. The molecule has 23 heavy (non-hydrogen) atoms. The zero-order valence-corrected chi connectivity index (χ0v) is 12.4. The van der Waals surface area contributed by atoms with Crippen molar-refractivity contribution < 1.29 is 9.13 Å². The normalized spacial score (nSPS) is 10.1. The molecule has 3 aromatic rings. The van der Waals surface area contributed by atoms with Gasteiger partial charge in [-0.3, -0.25) is 0 Å². The fraction of sp³-hybridized carbons (Fsp3) is 0.0500. The summed E-state index contributed by atoms with van der Waals surface area (Å²) in [5.74, 6) is -0.172. The third-order valence-corrected chi connectivity index (χ3v) is 3.52. The Hall–Kier alpha value is -3.12. The number of hydrogen-bond acceptors (Lipinski definition) is 2. The second-order valence-electron chi connectivity index (χ2n) is 5.11. The van der Waals surface area contributed by atoms with Crippen LogP contribution in [0.2, 0.25) is 0 Å². The molecule has 0 saturated carbocycles. The lowest BCUT2D eigenvalue weighted by Crippen LogP contribution is -1.97. The van der Waals surface area contributed by atoms with Gasteiger partial charge in [-0.25, -0.2) is 4.39 Å². The Labute approximate surface area is 134 Å². The first-order chi connectivity index (χ1) is 11.3. The van der Waals surface area contributed by atoms with E-state index in [2.05, 4.69) is 6.07 Å². The summed E-state index contributed by atoms with van der Waals surface area (Å²) < 4.78 is 19.7. The summed E-state index contributed by atoms with van der Waals surface area (Å²) in [7, 11) is 0. The van der Waals surface area contributed by atoms with Gasteiger partial charge in [-0.15, -0.1) is 0 Å². The number of nitrogens with zero attached hydrogens (tertiary/aromatic N) is 1. The summed E-state index contributed by atoms with van der Waals surface area (Å²) in [4.78, 5) is 0. The van der Waals surface area contributed by atoms with Crippen molar-refractivity contribution in [3.63, 3.8) is 0 Å². The SMILES string of the molecule is N#Cc1ccc(-c2ccc(OCc3ccccc3)c(F)c2)cc1. The largest absolute Gasteiger partial charge is 0.486 e. The maximum atomic E-state index is 14.2. The Morgan fingerprint density at radius 3 is 2.22 bits per heavy atom. The minimum Gasteiger partial charge on any atom is -0.486 e. The minimum absolute atomic E-state index is 0.228. The molecule has 0 N–H and O–H groups in total. The Balaban J connectivity index is 1.76. The van der Waals surface area contributed by atoms with Crippen molar-refractivity contribution in [1.29, 1.82) is 5.26 Å². The second kappa shape index (κ2) is 6.76. The maximum absolute atomic E-state index is 14.2. The van der Waals surface area contributed by atoms with Gasteiger partial charge in [-0.2, -0.15) is 5.26 Å². The predicted octanol–water partition coefficient (Wildman–Crippen LogP) is 4.94. The lowest BCUT2D eigenvalue weighted by atomic mass is 10.0. The van der Waals surface area contributed by atoms with E-state index in [4.69, 9.17) is 10.00 Å². The number of halogens is 1. The second-order valence-corrected chi connectivity index (χ2v) is 5.11. The zero-order chi connectivity index (χ0) is 16.1. The van der Waals surface area contributed by atoms with Crippen LogP contribution in [-0.2, 0) is 6.61 Å². The van der Waals surface area contributed by atoms with Gasteiger partial charge in [0, 0.05) is 0 Å². The molecular weight excluding hydrogens is 289 g/mol. The van der Waals surface area contributed by atoms with Crippen LogP contribution in [0.5, 0.6) is 5.75 Å². The summed E-state index contributed by atoms with van der Waals surface area (Å²) in [5, 5.41) is 8.81. The Morgan fingerprint density at radius 1 is 0.870 bits per heavy atom. The van der Waals surface area contributed by atoms with E-state index in [9.17, 15) is 4.39 Å². The molecule has 0 spiro atoms. The molecule has 0 aliphatic heterocycles. The average Bonchev–Trinajstić information content (AvgIpc) is 2.61. The lowest BCUT2D eigenvalue weighted by molar-refractivity contribution is 0.290. The molecule has 0 saturated heterocycles. The molecule has 0 atom stereocenters. The molecule has 0 unspecified atom stereocenters. The predicted molar refractivity (Wildman–Crippen MR) is 87.3 cm³/mol. The third-order valence-electron chi connectivity index (χ3n) is 3.52. The van der Waals surface area contributed by atoms with E-state index >= 15 is 0 Å². The Kier molecular flexibility index (Phi) is 4.35. The van der Waals surface area contributed by atoms with Gasteiger partial charge in [-0.05, 0) is 41.0 Å². The Bertz CT molecular complexity index is 836. The number of ether oxygens (including phenoxy) is 1. The van der Waals surface area contributed by atoms with Gasteiger partial charge in [0.15, 0.2) is 11.6 Å². The molecule has 3 rings (SSSR count). The van der Waals surface area contributed by atoms with E-state index in [0.29, 0.717) is 12.2 Å². The van der Waals surface area contributed by atoms with Crippen LogP contribution in [0.3, 0.4) is 0 Å². The van der Waals surface area contributed by atoms with Gasteiger partial charge in [0.25, 0.3) is 0 Å². The highest BCUT2D eigenvalue weighted by Gasteiger charge is 2.07. The summed E-state index contributed by atoms with van der Waals surface area (Å²) in [5.41, 5.74) is 3.18. The maximum Gasteiger partial charge on any atom is 0.165 e. The van der Waals surface area contributed by atoms with Crippen molar-refractivity contribution in [2.24, 2.45) is 0 Å². The summed E-state index contributed by atoms with van der Waals surface area (Å²) in [6.07, 6.45) is 0. The van der Waals surface area contributed by atoms with Gasteiger partial charge in [-0.1, -0.05) is 48.5 Å². The highest BCUT2D eigenvalue weighted by molar-refractivity contribution is 5.65. The highest BCUT2D eigenvalue weighted by atomic mass is 19.1. The van der Waals surface area contributed by atoms with Crippen molar-refractivity contribution >= 4 is 0 Å². The van der Waals surface area contributed by atoms with Gasteiger partial charge < -0.3 is 4.74 Å². The topological polar surface area (TPSA) is 33.0 Å². The molecule has 2 nitrogen and oxygen atoms in total. The van der Waals surface area contributed by atoms with Crippen LogP contribution in [0.15, 0.2) is 72.8 Å². The van der Waals surface area contributed by atoms with Gasteiger partial charge in [0.05, 0.1) is 11.6 Å². The molecule has 0 aromatic heterocycles. The number of nitriles is 1. The van der Waals surface area contributed by atoms with Crippen molar-refractivity contribution in [2.45, 2.75) is 6.61 Å². The molecular formula is C20H14FNO. The standard InChI is InChI=1S/C20H14FNO/c21-19-12-18(17-8-6-15(13-22)7-9-17)10-11-20(19)23-14-16-4-2-1-3-5-16/h1-12H,14H2. The first-order valence-electron chi connectivity index (χ1n) is 7.23. The summed E-state index contributed by atoms with van der Waals surface area (Å²) in [6.45, 7) is 0.327. The van der Waals surface area contributed by atoms with Crippen LogP contribution in [0.4, 0.5) is 4.39 Å². The van der Waals surface area contributed by atoms with Crippen LogP contribution in [0, 0.1) is 17.1 Å². The number of rotatable bonds is 4. The smallest absolute Gasteiger partial charge is 0.165 e. The molecule has 0 bridgehead atoms. The molecule has 0 heterocycles. The molecule has 0 aliphatic rings. The van der Waals surface area contributed by atoms with E-state index < -0.39 is 5.82 Å². The fourth-order valence-electron chi connectivity index (χ4n) is 2.27. The van der Waals surface area contributed by atoms with Crippen LogP contribution < -0.4 is 4.74 Å². The van der Waals surface area contributed by atoms with E-state index in [0.717, 1.165) is 16.7 Å². The number of benzene rings is 3. The first-order valence-corrected chi connectivity index (χ1v) is 7.23. The molecule has 0 aliphatic carbocycles. The van der Waals surface area contributed by atoms with E-state index in [1.807, 2.05) is 36.4 Å². The quantitative estimate of drug-likeness (QED) is 0.683. The van der Waals surface area contributed by atoms with Crippen LogP contribution in [0.1, 0.15) is 11.1 Å². The van der Waals surface area contributed by atoms with Crippen molar-refractivity contribution in [3.05, 3.63) is 89.7 Å². The first kappa shape index (κ1) is 14.8. The van der Waals surface area contributed by atoms with Gasteiger partial charge in [0.2, 0.25) is 0 Å². The molecule has 3 aromatic carbocycles. The van der Waals surface area contributed by atoms with Crippen LogP contribution >= 0.6 is 0 Å². The minimum atomic E-state index is -0.400. The molecule has 0 fully saturated rings.